The summed E-state index contributed by atoms with van der Waals surface area (Å²) in [5, 5.41) is 13.3. The number of hydrogen-bond acceptors (Lipinski definition) is 7. The molecule has 0 saturated heterocycles. The lowest BCUT2D eigenvalue weighted by molar-refractivity contribution is -0.384. The van der Waals surface area contributed by atoms with Crippen molar-refractivity contribution in [3.63, 3.8) is 0 Å². The highest BCUT2D eigenvalue weighted by Crippen LogP contribution is 2.38. The average molecular weight is 438 g/mol. The van der Waals surface area contributed by atoms with Crippen LogP contribution in [-0.2, 0) is 9.47 Å². The molecule has 0 unspecified atom stereocenters. The summed E-state index contributed by atoms with van der Waals surface area (Å²) in [7, 11) is 0. The van der Waals surface area contributed by atoms with Gasteiger partial charge in [0.15, 0.2) is 0 Å². The Balaban J connectivity index is 2.71. The number of rotatable bonds is 3. The van der Waals surface area contributed by atoms with Gasteiger partial charge in [0.05, 0.1) is 11.0 Å². The van der Waals surface area contributed by atoms with E-state index in [0.717, 1.165) is 6.07 Å². The van der Waals surface area contributed by atoms with Crippen LogP contribution in [0.15, 0.2) is 29.6 Å². The van der Waals surface area contributed by atoms with E-state index in [1.54, 1.807) is 59.1 Å². The number of nitro groups is 1. The fraction of sp³-hybridized carbons (Fsp3) is 0.400. The molecule has 30 heavy (non-hydrogen) atoms. The fourth-order valence-corrected chi connectivity index (χ4v) is 3.13. The van der Waals surface area contributed by atoms with Crippen molar-refractivity contribution >= 4 is 34.9 Å². The molecular formula is C20H23FN2O6S. The summed E-state index contributed by atoms with van der Waals surface area (Å²) in [5.41, 5.74) is -3.22. The first kappa shape index (κ1) is 23.3. The van der Waals surface area contributed by atoms with E-state index < -0.39 is 45.5 Å². The number of halogens is 1. The predicted molar refractivity (Wildman–Crippen MR) is 111 cm³/mol. The van der Waals surface area contributed by atoms with Gasteiger partial charge in [-0.15, -0.1) is 11.3 Å². The summed E-state index contributed by atoms with van der Waals surface area (Å²) in [6, 6.07) is 5.04. The van der Waals surface area contributed by atoms with Crippen molar-refractivity contribution in [3.05, 3.63) is 45.6 Å². The first-order valence-corrected chi connectivity index (χ1v) is 9.85. The number of carbonyl (C=O) groups excluding carboxylic acids is 2. The van der Waals surface area contributed by atoms with Crippen molar-refractivity contribution in [2.24, 2.45) is 0 Å². The Bertz CT molecular complexity index is 933. The maximum Gasteiger partial charge on any atom is 0.424 e. The van der Waals surface area contributed by atoms with Gasteiger partial charge in [-0.1, -0.05) is 6.07 Å². The highest BCUT2D eigenvalue weighted by atomic mass is 32.1. The maximum atomic E-state index is 14.6. The lowest BCUT2D eigenvalue weighted by Crippen LogP contribution is -2.44. The molecule has 2 rings (SSSR count). The van der Waals surface area contributed by atoms with Crippen LogP contribution < -0.4 is 4.90 Å². The summed E-state index contributed by atoms with van der Waals surface area (Å²) in [5.74, 6) is -0.860. The van der Waals surface area contributed by atoms with E-state index in [1.165, 1.54) is 11.3 Å². The van der Waals surface area contributed by atoms with Crippen LogP contribution in [0.1, 0.15) is 41.5 Å². The Kier molecular flexibility index (Phi) is 6.51. The van der Waals surface area contributed by atoms with Gasteiger partial charge in [-0.25, -0.2) is 14.0 Å². The highest BCUT2D eigenvalue weighted by molar-refractivity contribution is 7.13. The number of anilines is 1. The molecule has 0 saturated carbocycles. The quantitative estimate of drug-likeness (QED) is 0.422. The van der Waals surface area contributed by atoms with Crippen LogP contribution >= 0.6 is 11.3 Å². The Morgan fingerprint density at radius 3 is 2.00 bits per heavy atom. The molecule has 8 nitrogen and oxygen atoms in total. The molecule has 1 aromatic carbocycles. The standard InChI is InChI=1S/C20H23FN2O6S/c1-19(2,3)28-17(24)22(18(25)29-20(4,5)6)14-10-12(16-8-7-9-30-16)13(21)11-15(14)23(26)27/h7-11H,1-6H3. The predicted octanol–water partition coefficient (Wildman–Crippen LogP) is 6.14. The van der Waals surface area contributed by atoms with Crippen molar-refractivity contribution in [2.45, 2.75) is 52.7 Å². The third kappa shape index (κ3) is 5.76. The average Bonchev–Trinajstić information content (AvgIpc) is 3.06. The first-order chi connectivity index (χ1) is 13.7. The Labute approximate surface area is 177 Å². The van der Waals surface area contributed by atoms with Crippen molar-refractivity contribution < 1.29 is 28.4 Å². The van der Waals surface area contributed by atoms with Crippen LogP contribution in [0, 0.1) is 15.9 Å². The molecule has 0 atom stereocenters. The minimum atomic E-state index is -1.18. The number of carbonyl (C=O) groups is 2. The summed E-state index contributed by atoms with van der Waals surface area (Å²) >= 11 is 1.20. The molecule has 2 aromatic rings. The number of nitro benzene ring substituents is 1. The molecule has 0 aliphatic rings. The van der Waals surface area contributed by atoms with Crippen LogP contribution in [-0.4, -0.2) is 28.3 Å². The normalized spacial score (nSPS) is 11.7. The van der Waals surface area contributed by atoms with Gasteiger partial charge in [-0.2, -0.15) is 4.90 Å². The number of ether oxygens (including phenoxy) is 2. The third-order valence-electron chi connectivity index (χ3n) is 3.44. The largest absolute Gasteiger partial charge is 0.443 e. The lowest BCUT2D eigenvalue weighted by atomic mass is 10.1. The SMILES string of the molecule is CC(C)(C)OC(=O)N(C(=O)OC(C)(C)C)c1cc(-c2cccs2)c(F)cc1[N+](=O)[O-]. The van der Waals surface area contributed by atoms with Gasteiger partial charge in [0.1, 0.15) is 22.7 Å². The Hall–Kier alpha value is -3.01. The minimum absolute atomic E-state index is 0.00252. The molecular weight excluding hydrogens is 415 g/mol. The number of nitrogens with zero attached hydrogens (tertiary/aromatic N) is 2. The van der Waals surface area contributed by atoms with E-state index in [2.05, 4.69) is 0 Å². The van der Waals surface area contributed by atoms with Crippen molar-refractivity contribution in [1.82, 2.24) is 0 Å². The van der Waals surface area contributed by atoms with Gasteiger partial charge in [0.2, 0.25) is 0 Å². The van der Waals surface area contributed by atoms with Gasteiger partial charge in [-0.3, -0.25) is 10.1 Å². The molecule has 1 heterocycles. The molecule has 0 aliphatic carbocycles. The number of hydrogen-bond donors (Lipinski definition) is 0. The van der Waals surface area contributed by atoms with Crippen molar-refractivity contribution in [1.29, 1.82) is 0 Å². The second-order valence-electron chi connectivity index (χ2n) is 8.35. The van der Waals surface area contributed by atoms with E-state index in [-0.39, 0.29) is 5.56 Å². The molecule has 0 fully saturated rings. The summed E-state index contributed by atoms with van der Waals surface area (Å²) in [4.78, 5) is 37.3. The lowest BCUT2D eigenvalue weighted by Gasteiger charge is -2.28. The van der Waals surface area contributed by atoms with Gasteiger partial charge in [0, 0.05) is 10.4 Å². The summed E-state index contributed by atoms with van der Waals surface area (Å²) < 4.78 is 25.1. The monoisotopic (exact) mass is 438 g/mol. The zero-order valence-electron chi connectivity index (χ0n) is 17.5. The summed E-state index contributed by atoms with van der Waals surface area (Å²) in [6.07, 6.45) is -2.35. The van der Waals surface area contributed by atoms with Crippen LogP contribution in [0.5, 0.6) is 0 Å². The van der Waals surface area contributed by atoms with Crippen molar-refractivity contribution in [2.75, 3.05) is 4.90 Å². The molecule has 0 bridgehead atoms. The van der Waals surface area contributed by atoms with Gasteiger partial charge in [-0.05, 0) is 59.1 Å². The zero-order valence-corrected chi connectivity index (χ0v) is 18.3. The zero-order chi connectivity index (χ0) is 22.9. The first-order valence-electron chi connectivity index (χ1n) is 8.97. The van der Waals surface area contributed by atoms with E-state index >= 15 is 0 Å². The Morgan fingerprint density at radius 1 is 1.07 bits per heavy atom. The smallest absolute Gasteiger partial charge is 0.424 e. The topological polar surface area (TPSA) is 99.0 Å². The minimum Gasteiger partial charge on any atom is -0.443 e. The van der Waals surface area contributed by atoms with E-state index in [4.69, 9.17) is 9.47 Å². The van der Waals surface area contributed by atoms with Crippen LogP contribution in [0.2, 0.25) is 0 Å². The Morgan fingerprint density at radius 2 is 1.60 bits per heavy atom. The van der Waals surface area contributed by atoms with E-state index in [1.807, 2.05) is 0 Å². The van der Waals surface area contributed by atoms with E-state index in [0.29, 0.717) is 15.8 Å². The second-order valence-corrected chi connectivity index (χ2v) is 9.30. The van der Waals surface area contributed by atoms with Crippen LogP contribution in [0.25, 0.3) is 10.4 Å². The molecule has 0 radical (unpaired) electrons. The molecule has 0 spiro atoms. The van der Waals surface area contributed by atoms with Gasteiger partial charge >= 0.3 is 12.2 Å². The van der Waals surface area contributed by atoms with Crippen LogP contribution in [0.3, 0.4) is 0 Å². The van der Waals surface area contributed by atoms with Crippen molar-refractivity contribution in [3.8, 4) is 10.4 Å². The molecule has 0 aliphatic heterocycles. The van der Waals surface area contributed by atoms with Gasteiger partial charge < -0.3 is 9.47 Å². The molecule has 162 valence electrons. The number of imide groups is 1. The number of thiophene rings is 1. The second kappa shape index (κ2) is 8.39. The van der Waals surface area contributed by atoms with E-state index in [9.17, 15) is 24.1 Å². The molecule has 0 N–H and O–H groups in total. The summed E-state index contributed by atoms with van der Waals surface area (Å²) in [6.45, 7) is 9.47. The maximum absolute atomic E-state index is 14.6. The molecule has 1 aromatic heterocycles. The third-order valence-corrected chi connectivity index (χ3v) is 4.34. The highest BCUT2D eigenvalue weighted by Gasteiger charge is 2.37. The van der Waals surface area contributed by atoms with Crippen LogP contribution in [0.4, 0.5) is 25.4 Å². The fourth-order valence-electron chi connectivity index (χ4n) is 2.38. The number of amides is 2. The van der Waals surface area contributed by atoms with Gasteiger partial charge in [0.25, 0.3) is 5.69 Å². The molecule has 2 amide bonds. The molecule has 10 heteroatoms. The number of benzene rings is 1.